The maximum absolute atomic E-state index is 15.2. The highest BCUT2D eigenvalue weighted by Crippen LogP contribution is 2.39. The third-order valence-electron chi connectivity index (χ3n) is 5.22. The van der Waals surface area contributed by atoms with E-state index < -0.39 is 11.6 Å². The zero-order valence-electron chi connectivity index (χ0n) is 16.5. The lowest BCUT2D eigenvalue weighted by Gasteiger charge is -2.22. The monoisotopic (exact) mass is 420 g/mol. The van der Waals surface area contributed by atoms with E-state index in [1.165, 1.54) is 12.3 Å². The van der Waals surface area contributed by atoms with Crippen LogP contribution in [0.15, 0.2) is 42.7 Å². The third-order valence-corrected chi connectivity index (χ3v) is 5.22. The Kier molecular flexibility index (Phi) is 4.50. The molecule has 9 heteroatoms. The lowest BCUT2D eigenvalue weighted by molar-refractivity contribution is 0.310. The van der Waals surface area contributed by atoms with Gasteiger partial charge in [-0.1, -0.05) is 12.1 Å². The number of anilines is 4. The van der Waals surface area contributed by atoms with Crippen LogP contribution in [0.3, 0.4) is 0 Å². The number of nitrogens with zero attached hydrogens (tertiary/aromatic N) is 3. The molecule has 31 heavy (non-hydrogen) atoms. The zero-order chi connectivity index (χ0) is 21.5. The zero-order valence-corrected chi connectivity index (χ0v) is 16.5. The summed E-state index contributed by atoms with van der Waals surface area (Å²) < 4.78 is 34.7. The molecule has 2 aromatic heterocycles. The first-order valence-electron chi connectivity index (χ1n) is 9.66. The van der Waals surface area contributed by atoms with Gasteiger partial charge in [0, 0.05) is 35.5 Å². The number of halogens is 2. The van der Waals surface area contributed by atoms with Gasteiger partial charge in [-0.2, -0.15) is 0 Å². The summed E-state index contributed by atoms with van der Waals surface area (Å²) in [6.07, 6.45) is 2.98. The van der Waals surface area contributed by atoms with E-state index in [2.05, 4.69) is 25.6 Å². The van der Waals surface area contributed by atoms with Crippen LogP contribution in [-0.4, -0.2) is 28.1 Å². The quantitative estimate of drug-likeness (QED) is 0.422. The van der Waals surface area contributed by atoms with Crippen LogP contribution in [0.4, 0.5) is 31.8 Å². The molecule has 1 aliphatic heterocycles. The van der Waals surface area contributed by atoms with Crippen LogP contribution in [-0.2, 0) is 0 Å². The highest BCUT2D eigenvalue weighted by atomic mass is 19.1. The van der Waals surface area contributed by atoms with E-state index in [-0.39, 0.29) is 22.9 Å². The first-order chi connectivity index (χ1) is 15.0. The average molecular weight is 420 g/mol. The van der Waals surface area contributed by atoms with Crippen molar-refractivity contribution in [2.75, 3.05) is 29.5 Å². The number of hydrogen-bond acceptors (Lipinski definition) is 7. The number of pyridine rings is 1. The highest BCUT2D eigenvalue weighted by molar-refractivity contribution is 5.96. The van der Waals surface area contributed by atoms with E-state index in [1.54, 1.807) is 30.5 Å². The molecule has 7 nitrogen and oxygen atoms in total. The van der Waals surface area contributed by atoms with Crippen molar-refractivity contribution in [1.82, 2.24) is 15.0 Å². The van der Waals surface area contributed by atoms with E-state index in [0.29, 0.717) is 35.5 Å². The van der Waals surface area contributed by atoms with Crippen molar-refractivity contribution in [3.8, 4) is 17.0 Å². The Bertz CT molecular complexity index is 1330. The molecule has 0 radical (unpaired) electrons. The van der Waals surface area contributed by atoms with Crippen LogP contribution in [0.2, 0.25) is 0 Å². The van der Waals surface area contributed by atoms with Gasteiger partial charge >= 0.3 is 0 Å². The van der Waals surface area contributed by atoms with Crippen LogP contribution in [0.25, 0.3) is 22.0 Å². The normalized spacial score (nSPS) is 12.7. The summed E-state index contributed by atoms with van der Waals surface area (Å²) in [5.74, 6) is -0.353. The number of hydrogen-bond donors (Lipinski definition) is 3. The largest absolute Gasteiger partial charge is 0.474 e. The van der Waals surface area contributed by atoms with E-state index in [1.807, 2.05) is 6.92 Å². The summed E-state index contributed by atoms with van der Waals surface area (Å²) in [6.45, 7) is 3.02. The van der Waals surface area contributed by atoms with Gasteiger partial charge in [0.1, 0.15) is 18.1 Å². The molecule has 156 valence electrons. The average Bonchev–Trinajstić information content (AvgIpc) is 2.78. The lowest BCUT2D eigenvalue weighted by atomic mass is 9.98. The van der Waals surface area contributed by atoms with Crippen LogP contribution in [0.1, 0.15) is 5.56 Å². The molecule has 5 rings (SSSR count). The number of para-hydroxylation sites is 1. The molecule has 0 bridgehead atoms. The molecule has 0 saturated carbocycles. The fourth-order valence-electron chi connectivity index (χ4n) is 3.61. The Hall–Kier alpha value is -4.01. The van der Waals surface area contributed by atoms with Gasteiger partial charge in [-0.3, -0.25) is 0 Å². The maximum atomic E-state index is 15.2. The van der Waals surface area contributed by atoms with E-state index in [4.69, 9.17) is 10.5 Å². The molecule has 0 spiro atoms. The minimum Gasteiger partial charge on any atom is -0.474 e. The molecule has 0 aliphatic carbocycles. The van der Waals surface area contributed by atoms with Crippen molar-refractivity contribution in [2.24, 2.45) is 0 Å². The van der Waals surface area contributed by atoms with Crippen molar-refractivity contribution < 1.29 is 13.5 Å². The van der Waals surface area contributed by atoms with Gasteiger partial charge in [0.25, 0.3) is 0 Å². The van der Waals surface area contributed by atoms with Gasteiger partial charge in [0.15, 0.2) is 5.82 Å². The van der Waals surface area contributed by atoms with Gasteiger partial charge in [0.2, 0.25) is 11.8 Å². The van der Waals surface area contributed by atoms with Crippen molar-refractivity contribution >= 4 is 33.9 Å². The van der Waals surface area contributed by atoms with Gasteiger partial charge < -0.3 is 21.1 Å². The Morgan fingerprint density at radius 3 is 2.81 bits per heavy atom. The number of aromatic nitrogens is 3. The van der Waals surface area contributed by atoms with Crippen LogP contribution in [0.5, 0.6) is 5.88 Å². The van der Waals surface area contributed by atoms with Crippen LogP contribution in [0, 0.1) is 18.6 Å². The Morgan fingerprint density at radius 1 is 1.13 bits per heavy atom. The predicted molar refractivity (Wildman–Crippen MR) is 116 cm³/mol. The summed E-state index contributed by atoms with van der Waals surface area (Å²) >= 11 is 0. The molecular formula is C22H18F2N6O. The fourth-order valence-corrected chi connectivity index (χ4v) is 3.61. The molecule has 0 fully saturated rings. The highest BCUT2D eigenvalue weighted by Gasteiger charge is 2.21. The van der Waals surface area contributed by atoms with Crippen LogP contribution < -0.4 is 21.1 Å². The third kappa shape index (κ3) is 3.24. The summed E-state index contributed by atoms with van der Waals surface area (Å²) in [4.78, 5) is 12.9. The lowest BCUT2D eigenvalue weighted by Crippen LogP contribution is -2.20. The second-order valence-corrected chi connectivity index (χ2v) is 7.14. The Morgan fingerprint density at radius 2 is 1.97 bits per heavy atom. The first kappa shape index (κ1) is 19.0. The number of rotatable bonds is 3. The van der Waals surface area contributed by atoms with Crippen molar-refractivity contribution in [1.29, 1.82) is 0 Å². The molecule has 0 unspecified atom stereocenters. The van der Waals surface area contributed by atoms with Gasteiger partial charge in [-0.15, -0.1) is 0 Å². The Labute approximate surface area is 176 Å². The molecular weight excluding hydrogens is 402 g/mol. The van der Waals surface area contributed by atoms with Gasteiger partial charge in [-0.25, -0.2) is 23.7 Å². The van der Waals surface area contributed by atoms with E-state index in [9.17, 15) is 4.39 Å². The summed E-state index contributed by atoms with van der Waals surface area (Å²) in [6, 6.07) is 7.78. The molecule has 1 aliphatic rings. The van der Waals surface area contributed by atoms with Gasteiger partial charge in [-0.05, 0) is 30.7 Å². The van der Waals surface area contributed by atoms with E-state index in [0.717, 1.165) is 11.3 Å². The predicted octanol–water partition coefficient (Wildman–Crippen LogP) is 4.41. The number of ether oxygens (including phenoxy) is 1. The second-order valence-electron chi connectivity index (χ2n) is 7.14. The molecule has 4 N–H and O–H groups in total. The number of benzene rings is 2. The SMILES string of the molecule is Cc1c(-c2cc3nc(Nc4ccccc4F)ncc3c(N)c2F)cnc2c1NCCO2. The summed E-state index contributed by atoms with van der Waals surface area (Å²) in [5, 5.41) is 6.45. The van der Waals surface area contributed by atoms with Gasteiger partial charge in [0.05, 0.1) is 16.9 Å². The number of fused-ring (bicyclic) bond motifs is 2. The van der Waals surface area contributed by atoms with Crippen molar-refractivity contribution in [2.45, 2.75) is 6.92 Å². The number of nitrogens with one attached hydrogen (secondary N) is 2. The van der Waals surface area contributed by atoms with Crippen molar-refractivity contribution in [3.63, 3.8) is 0 Å². The molecule has 2 aromatic carbocycles. The number of nitrogens with two attached hydrogens (primary N) is 1. The molecule has 0 amide bonds. The fraction of sp³-hybridized carbons (Fsp3) is 0.136. The smallest absolute Gasteiger partial charge is 0.237 e. The minimum absolute atomic E-state index is 0.0636. The Balaban J connectivity index is 1.63. The summed E-state index contributed by atoms with van der Waals surface area (Å²) in [7, 11) is 0. The maximum Gasteiger partial charge on any atom is 0.237 e. The second kappa shape index (κ2) is 7.35. The number of nitrogen functional groups attached to an aromatic ring is 1. The van der Waals surface area contributed by atoms with E-state index >= 15 is 4.39 Å². The molecule has 3 heterocycles. The molecule has 0 atom stereocenters. The standard InChI is InChI=1S/C22H18F2N6O/c1-11-13(9-27-21-20(11)26-6-7-31-21)12-8-17-14(19(25)18(12)24)10-28-22(30-17)29-16-5-3-2-4-15(16)23/h2-5,8-10,26H,6-7,25H2,1H3,(H,28,29,30). The summed E-state index contributed by atoms with van der Waals surface area (Å²) in [5.41, 5.74) is 9.03. The topological polar surface area (TPSA) is 98.0 Å². The molecule has 0 saturated heterocycles. The van der Waals surface area contributed by atoms with Crippen LogP contribution >= 0.6 is 0 Å². The molecule has 4 aromatic rings. The van der Waals surface area contributed by atoms with Crippen molar-refractivity contribution in [3.05, 3.63) is 59.9 Å². The first-order valence-corrected chi connectivity index (χ1v) is 9.66. The minimum atomic E-state index is -0.576.